The van der Waals surface area contributed by atoms with E-state index in [1.54, 1.807) is 40.5 Å². The highest BCUT2D eigenvalue weighted by Gasteiger charge is 2.34. The first kappa shape index (κ1) is 24.2. The van der Waals surface area contributed by atoms with Crippen LogP contribution < -0.4 is 10.3 Å². The number of hydrogen-bond donors (Lipinski definition) is 2. The zero-order valence-electron chi connectivity index (χ0n) is 19.9. The molecule has 3 aromatic rings. The lowest BCUT2D eigenvalue weighted by Crippen LogP contribution is -2.51. The molecule has 35 heavy (non-hydrogen) atoms. The second-order valence-corrected chi connectivity index (χ2v) is 9.49. The van der Waals surface area contributed by atoms with Gasteiger partial charge in [-0.3, -0.25) is 9.59 Å². The van der Waals surface area contributed by atoms with Gasteiger partial charge in [-0.25, -0.2) is 19.5 Å². The van der Waals surface area contributed by atoms with Gasteiger partial charge in [0.2, 0.25) is 5.91 Å². The Morgan fingerprint density at radius 2 is 1.66 bits per heavy atom. The normalized spacial score (nSPS) is 18.0. The first-order valence-corrected chi connectivity index (χ1v) is 11.8. The summed E-state index contributed by atoms with van der Waals surface area (Å²) in [7, 11) is 0. The summed E-state index contributed by atoms with van der Waals surface area (Å²) in [4.78, 5) is 41.2. The van der Waals surface area contributed by atoms with Crippen LogP contribution in [0.15, 0.2) is 73.3 Å². The molecule has 0 aliphatic heterocycles. The van der Waals surface area contributed by atoms with Gasteiger partial charge in [-0.15, -0.1) is 0 Å². The highest BCUT2D eigenvalue weighted by atomic mass is 16.4. The molecule has 4 rings (SSSR count). The lowest BCUT2D eigenvalue weighted by atomic mass is 9.78. The van der Waals surface area contributed by atoms with Crippen molar-refractivity contribution in [2.75, 3.05) is 5.01 Å². The number of carbonyl (C=O) groups is 3. The van der Waals surface area contributed by atoms with E-state index in [4.69, 9.17) is 0 Å². The summed E-state index contributed by atoms with van der Waals surface area (Å²) in [5.41, 5.74) is 1.19. The molecular weight excluding hydrogens is 444 g/mol. The lowest BCUT2D eigenvalue weighted by Gasteiger charge is -2.31. The lowest BCUT2D eigenvalue weighted by molar-refractivity contribution is -0.146. The van der Waals surface area contributed by atoms with Crippen molar-refractivity contribution in [1.29, 1.82) is 0 Å². The van der Waals surface area contributed by atoms with Gasteiger partial charge in [0.1, 0.15) is 11.9 Å². The molecule has 0 radical (unpaired) electrons. The number of carboxylic acids is 1. The smallest absolute Gasteiger partial charge is 0.328 e. The zero-order chi connectivity index (χ0) is 25.0. The second-order valence-electron chi connectivity index (χ2n) is 9.49. The van der Waals surface area contributed by atoms with Crippen LogP contribution in [0.1, 0.15) is 61.4 Å². The molecule has 1 aliphatic carbocycles. The van der Waals surface area contributed by atoms with Crippen LogP contribution in [0, 0.1) is 5.92 Å². The third-order valence-corrected chi connectivity index (χ3v) is 6.61. The van der Waals surface area contributed by atoms with Crippen molar-refractivity contribution in [1.82, 2.24) is 15.0 Å². The Morgan fingerprint density at radius 1 is 1.00 bits per heavy atom. The van der Waals surface area contributed by atoms with Crippen molar-refractivity contribution in [3.63, 3.8) is 0 Å². The van der Waals surface area contributed by atoms with E-state index in [2.05, 4.69) is 10.3 Å². The van der Waals surface area contributed by atoms with Crippen molar-refractivity contribution < 1.29 is 19.5 Å². The molecule has 2 aromatic carbocycles. The predicted molar refractivity (Wildman–Crippen MR) is 132 cm³/mol. The van der Waals surface area contributed by atoms with Crippen LogP contribution in [-0.2, 0) is 9.59 Å². The molecule has 1 aromatic heterocycles. The Balaban J connectivity index is 1.44. The molecule has 1 aliphatic rings. The Labute approximate surface area is 204 Å². The minimum absolute atomic E-state index is 0.160. The van der Waals surface area contributed by atoms with Crippen molar-refractivity contribution in [3.8, 4) is 0 Å². The van der Waals surface area contributed by atoms with E-state index >= 15 is 0 Å². The van der Waals surface area contributed by atoms with Gasteiger partial charge in [0, 0.05) is 23.9 Å². The average molecular weight is 475 g/mol. The van der Waals surface area contributed by atoms with E-state index < -0.39 is 11.5 Å². The van der Waals surface area contributed by atoms with Crippen molar-refractivity contribution in [2.24, 2.45) is 5.92 Å². The molecule has 0 saturated heterocycles. The Bertz CT molecular complexity index is 1170. The molecule has 0 spiro atoms. The van der Waals surface area contributed by atoms with Gasteiger partial charge in [-0.1, -0.05) is 30.3 Å². The van der Waals surface area contributed by atoms with Crippen LogP contribution in [0.5, 0.6) is 0 Å². The molecule has 182 valence electrons. The highest BCUT2D eigenvalue weighted by Crippen LogP contribution is 2.37. The SMILES string of the molecule is CC(C)(NC(=O)C1CCC(c2ccc(N(C(=O)c3ccccc3)n3ccnc3)cc2)CC1)C(=O)O. The minimum Gasteiger partial charge on any atom is -0.480 e. The molecule has 1 heterocycles. The fraction of sp³-hybridized carbons (Fsp3) is 0.333. The molecule has 0 bridgehead atoms. The first-order valence-electron chi connectivity index (χ1n) is 11.8. The number of aromatic nitrogens is 2. The maximum absolute atomic E-state index is 13.3. The van der Waals surface area contributed by atoms with Crippen molar-refractivity contribution in [2.45, 2.75) is 51.0 Å². The summed E-state index contributed by atoms with van der Waals surface area (Å²) >= 11 is 0. The molecule has 8 heteroatoms. The molecule has 2 N–H and O–H groups in total. The van der Waals surface area contributed by atoms with E-state index in [1.807, 2.05) is 42.5 Å². The molecule has 1 fully saturated rings. The van der Waals surface area contributed by atoms with Crippen LogP contribution in [0.3, 0.4) is 0 Å². The Kier molecular flexibility index (Phi) is 7.00. The summed E-state index contributed by atoms with van der Waals surface area (Å²) in [5.74, 6) is -1.26. The van der Waals surface area contributed by atoms with Gasteiger partial charge in [-0.2, -0.15) is 0 Å². The van der Waals surface area contributed by atoms with Gasteiger partial charge in [-0.05, 0) is 75.3 Å². The maximum Gasteiger partial charge on any atom is 0.328 e. The van der Waals surface area contributed by atoms with Gasteiger partial charge >= 0.3 is 5.97 Å². The van der Waals surface area contributed by atoms with E-state index in [1.165, 1.54) is 13.8 Å². The molecular formula is C27H30N4O4. The predicted octanol–water partition coefficient (Wildman–Crippen LogP) is 4.25. The summed E-state index contributed by atoms with van der Waals surface area (Å²) in [6.45, 7) is 2.99. The number of carbonyl (C=O) groups excluding carboxylic acids is 2. The molecule has 8 nitrogen and oxygen atoms in total. The Hall–Kier alpha value is -3.94. The van der Waals surface area contributed by atoms with Gasteiger partial charge in [0.05, 0.1) is 5.69 Å². The van der Waals surface area contributed by atoms with Gasteiger partial charge < -0.3 is 10.4 Å². The van der Waals surface area contributed by atoms with Gasteiger partial charge in [0.15, 0.2) is 0 Å². The number of imidazole rings is 1. The number of rotatable bonds is 7. The molecule has 0 unspecified atom stereocenters. The highest BCUT2D eigenvalue weighted by molar-refractivity contribution is 6.05. The van der Waals surface area contributed by atoms with Crippen LogP contribution in [0.4, 0.5) is 5.69 Å². The van der Waals surface area contributed by atoms with Gasteiger partial charge in [0.25, 0.3) is 5.91 Å². The van der Waals surface area contributed by atoms with E-state index in [0.717, 1.165) is 24.1 Å². The molecule has 0 atom stereocenters. The van der Waals surface area contributed by atoms with E-state index in [9.17, 15) is 19.5 Å². The summed E-state index contributed by atoms with van der Waals surface area (Å²) in [6, 6.07) is 17.1. The number of hydrogen-bond acceptors (Lipinski definition) is 4. The van der Waals surface area contributed by atoms with Crippen molar-refractivity contribution >= 4 is 23.5 Å². The third-order valence-electron chi connectivity index (χ3n) is 6.61. The first-order chi connectivity index (χ1) is 16.8. The largest absolute Gasteiger partial charge is 0.480 e. The average Bonchev–Trinajstić information content (AvgIpc) is 3.39. The standard InChI is InChI=1S/C27H30N4O4/c1-27(2,26(34)35)29-24(32)21-10-8-19(9-11-21)20-12-14-23(15-13-20)31(30-17-16-28-18-30)25(33)22-6-4-3-5-7-22/h3-7,12-19,21H,8-11H2,1-2H3,(H,29,32)(H,34,35). The fourth-order valence-corrected chi connectivity index (χ4v) is 4.47. The van der Waals surface area contributed by atoms with Crippen LogP contribution >= 0.6 is 0 Å². The maximum atomic E-state index is 13.3. The van der Waals surface area contributed by atoms with Crippen LogP contribution in [-0.4, -0.2) is 38.1 Å². The topological polar surface area (TPSA) is 105 Å². The number of anilines is 1. The number of benzene rings is 2. The second kappa shape index (κ2) is 10.1. The number of nitrogens with zero attached hydrogens (tertiary/aromatic N) is 3. The van der Waals surface area contributed by atoms with E-state index in [-0.39, 0.29) is 17.7 Å². The van der Waals surface area contributed by atoms with Crippen LogP contribution in [0.2, 0.25) is 0 Å². The fourth-order valence-electron chi connectivity index (χ4n) is 4.47. The zero-order valence-corrected chi connectivity index (χ0v) is 19.9. The van der Waals surface area contributed by atoms with Crippen molar-refractivity contribution in [3.05, 3.63) is 84.4 Å². The summed E-state index contributed by atoms with van der Waals surface area (Å²) in [6.07, 6.45) is 8.06. The molecule has 1 saturated carbocycles. The number of amides is 2. The quantitative estimate of drug-likeness (QED) is 0.533. The number of nitrogens with one attached hydrogen (secondary N) is 1. The Morgan fingerprint density at radius 3 is 2.23 bits per heavy atom. The summed E-state index contributed by atoms with van der Waals surface area (Å²) < 4.78 is 1.66. The molecule has 2 amide bonds. The monoisotopic (exact) mass is 474 g/mol. The third kappa shape index (κ3) is 5.42. The minimum atomic E-state index is -1.28. The summed E-state index contributed by atoms with van der Waals surface area (Å²) in [5, 5.41) is 13.5. The van der Waals surface area contributed by atoms with E-state index in [0.29, 0.717) is 24.3 Å². The number of aliphatic carboxylic acids is 1. The number of carboxylic acid groups (broad SMARTS) is 1. The van der Waals surface area contributed by atoms with Crippen LogP contribution in [0.25, 0.3) is 0 Å².